The average Bonchev–Trinajstić information content (AvgIpc) is 2.35. The molecule has 0 aliphatic rings. The SMILES string of the molecule is CNCC(C)CNc1ccc(C(F)(F)F)c(C#N)c1. The van der Waals surface area contributed by atoms with E-state index in [4.69, 9.17) is 5.26 Å². The van der Waals surface area contributed by atoms with Crippen LogP contribution in [-0.4, -0.2) is 20.1 Å². The van der Waals surface area contributed by atoms with Crippen molar-refractivity contribution in [3.8, 4) is 6.07 Å². The lowest BCUT2D eigenvalue weighted by molar-refractivity contribution is -0.137. The molecule has 19 heavy (non-hydrogen) atoms. The smallest absolute Gasteiger partial charge is 0.385 e. The number of nitrogens with zero attached hydrogens (tertiary/aromatic N) is 1. The number of alkyl halides is 3. The number of hydrogen-bond donors (Lipinski definition) is 2. The Morgan fingerprint density at radius 1 is 1.32 bits per heavy atom. The first-order valence-corrected chi connectivity index (χ1v) is 5.88. The highest BCUT2D eigenvalue weighted by Gasteiger charge is 2.33. The van der Waals surface area contributed by atoms with Crippen molar-refractivity contribution in [3.05, 3.63) is 29.3 Å². The summed E-state index contributed by atoms with van der Waals surface area (Å²) in [5, 5.41) is 14.8. The van der Waals surface area contributed by atoms with Crippen LogP contribution in [0.25, 0.3) is 0 Å². The Balaban J connectivity index is 2.81. The molecule has 1 aromatic rings. The van der Waals surface area contributed by atoms with Gasteiger partial charge in [-0.25, -0.2) is 0 Å². The summed E-state index contributed by atoms with van der Waals surface area (Å²) < 4.78 is 37.8. The lowest BCUT2D eigenvalue weighted by atomic mass is 10.1. The van der Waals surface area contributed by atoms with Crippen molar-refractivity contribution in [1.82, 2.24) is 5.32 Å². The second-order valence-electron chi connectivity index (χ2n) is 4.41. The second-order valence-corrected chi connectivity index (χ2v) is 4.41. The van der Waals surface area contributed by atoms with Crippen molar-refractivity contribution in [2.75, 3.05) is 25.5 Å². The zero-order chi connectivity index (χ0) is 14.5. The Morgan fingerprint density at radius 3 is 2.53 bits per heavy atom. The number of halogens is 3. The Kier molecular flexibility index (Phi) is 5.19. The van der Waals surface area contributed by atoms with Gasteiger partial charge in [-0.1, -0.05) is 6.92 Å². The molecule has 1 unspecified atom stereocenters. The highest BCUT2D eigenvalue weighted by atomic mass is 19.4. The minimum absolute atomic E-state index is 0.331. The van der Waals surface area contributed by atoms with Crippen LogP contribution in [0.15, 0.2) is 18.2 Å². The van der Waals surface area contributed by atoms with E-state index in [-0.39, 0.29) is 5.56 Å². The summed E-state index contributed by atoms with van der Waals surface area (Å²) in [5.41, 5.74) is -0.741. The van der Waals surface area contributed by atoms with Crippen molar-refractivity contribution in [3.63, 3.8) is 0 Å². The van der Waals surface area contributed by atoms with Crippen LogP contribution in [0.4, 0.5) is 18.9 Å². The highest BCUT2D eigenvalue weighted by molar-refractivity contribution is 5.53. The second kappa shape index (κ2) is 6.43. The molecule has 1 atom stereocenters. The third-order valence-electron chi connectivity index (χ3n) is 2.65. The minimum atomic E-state index is -4.50. The first-order chi connectivity index (χ1) is 8.88. The molecule has 0 aliphatic carbocycles. The third-order valence-corrected chi connectivity index (χ3v) is 2.65. The predicted octanol–water partition coefficient (Wildman–Crippen LogP) is 2.84. The van der Waals surface area contributed by atoms with Crippen molar-refractivity contribution in [2.24, 2.45) is 5.92 Å². The van der Waals surface area contributed by atoms with Gasteiger partial charge in [0, 0.05) is 12.2 Å². The fraction of sp³-hybridized carbons (Fsp3) is 0.462. The van der Waals surface area contributed by atoms with Crippen LogP contribution in [0.5, 0.6) is 0 Å². The molecule has 0 bridgehead atoms. The molecular weight excluding hydrogens is 255 g/mol. The largest absolute Gasteiger partial charge is 0.417 e. The van der Waals surface area contributed by atoms with Gasteiger partial charge >= 0.3 is 6.18 Å². The first-order valence-electron chi connectivity index (χ1n) is 5.88. The summed E-state index contributed by atoms with van der Waals surface area (Å²) in [6.07, 6.45) is -4.50. The van der Waals surface area contributed by atoms with Crippen LogP contribution in [0.3, 0.4) is 0 Å². The molecule has 3 nitrogen and oxygen atoms in total. The van der Waals surface area contributed by atoms with Gasteiger partial charge in [0.15, 0.2) is 0 Å². The molecule has 2 N–H and O–H groups in total. The van der Waals surface area contributed by atoms with Crippen LogP contribution in [0.1, 0.15) is 18.1 Å². The molecule has 104 valence electrons. The van der Waals surface area contributed by atoms with Crippen LogP contribution in [0, 0.1) is 17.2 Å². The van der Waals surface area contributed by atoms with Gasteiger partial charge in [0.1, 0.15) is 0 Å². The standard InChI is InChI=1S/C13H16F3N3/c1-9(7-18-2)8-19-11-3-4-12(13(14,15)16)10(5-11)6-17/h3-5,9,18-19H,7-8H2,1-2H3. The van der Waals surface area contributed by atoms with Gasteiger partial charge in [-0.2, -0.15) is 18.4 Å². The summed E-state index contributed by atoms with van der Waals surface area (Å²) in [6, 6.07) is 5.09. The minimum Gasteiger partial charge on any atom is -0.385 e. The maximum absolute atomic E-state index is 12.6. The zero-order valence-electron chi connectivity index (χ0n) is 10.8. The first kappa shape index (κ1) is 15.3. The number of nitriles is 1. The molecule has 0 heterocycles. The zero-order valence-corrected chi connectivity index (χ0v) is 10.8. The third kappa shape index (κ3) is 4.45. The molecule has 1 rings (SSSR count). The van der Waals surface area contributed by atoms with Crippen molar-refractivity contribution in [1.29, 1.82) is 5.26 Å². The summed E-state index contributed by atoms with van der Waals surface area (Å²) in [7, 11) is 1.84. The summed E-state index contributed by atoms with van der Waals surface area (Å²) >= 11 is 0. The van der Waals surface area contributed by atoms with E-state index in [9.17, 15) is 13.2 Å². The van der Waals surface area contributed by atoms with Gasteiger partial charge in [0.05, 0.1) is 17.2 Å². The Morgan fingerprint density at radius 2 is 2.00 bits per heavy atom. The van der Waals surface area contributed by atoms with E-state index in [1.807, 2.05) is 14.0 Å². The van der Waals surface area contributed by atoms with Crippen molar-refractivity contribution >= 4 is 5.69 Å². The van der Waals surface area contributed by atoms with Crippen LogP contribution in [0.2, 0.25) is 0 Å². The lowest BCUT2D eigenvalue weighted by Gasteiger charge is -2.14. The van der Waals surface area contributed by atoms with E-state index in [0.29, 0.717) is 18.2 Å². The summed E-state index contributed by atoms with van der Waals surface area (Å²) in [6.45, 7) is 3.44. The number of anilines is 1. The van der Waals surface area contributed by atoms with Gasteiger partial charge in [0.25, 0.3) is 0 Å². The van der Waals surface area contributed by atoms with Gasteiger partial charge in [0.2, 0.25) is 0 Å². The maximum Gasteiger partial charge on any atom is 0.417 e. The van der Waals surface area contributed by atoms with Gasteiger partial charge in [-0.3, -0.25) is 0 Å². The number of rotatable bonds is 5. The number of hydrogen-bond acceptors (Lipinski definition) is 3. The molecule has 0 saturated heterocycles. The molecule has 0 amide bonds. The van der Waals surface area contributed by atoms with Crippen molar-refractivity contribution in [2.45, 2.75) is 13.1 Å². The molecular formula is C13H16F3N3. The fourth-order valence-electron chi connectivity index (χ4n) is 1.71. The average molecular weight is 271 g/mol. The van der Waals surface area contributed by atoms with E-state index < -0.39 is 11.7 Å². The van der Waals surface area contributed by atoms with E-state index in [0.717, 1.165) is 12.6 Å². The van der Waals surface area contributed by atoms with Crippen molar-refractivity contribution < 1.29 is 13.2 Å². The number of benzene rings is 1. The van der Waals surface area contributed by atoms with E-state index >= 15 is 0 Å². The summed E-state index contributed by atoms with van der Waals surface area (Å²) in [4.78, 5) is 0. The van der Waals surface area contributed by atoms with E-state index in [1.165, 1.54) is 12.1 Å². The Bertz CT molecular complexity index is 463. The lowest BCUT2D eigenvalue weighted by Crippen LogP contribution is -2.22. The normalized spacial score (nSPS) is 12.8. The van der Waals surface area contributed by atoms with Gasteiger partial charge in [-0.15, -0.1) is 0 Å². The molecule has 0 fully saturated rings. The molecule has 6 heteroatoms. The molecule has 1 aromatic carbocycles. The molecule has 0 aromatic heterocycles. The number of nitrogens with one attached hydrogen (secondary N) is 2. The van der Waals surface area contributed by atoms with Crippen LogP contribution < -0.4 is 10.6 Å². The maximum atomic E-state index is 12.6. The predicted molar refractivity (Wildman–Crippen MR) is 67.7 cm³/mol. The fourth-order valence-corrected chi connectivity index (χ4v) is 1.71. The quantitative estimate of drug-likeness (QED) is 0.865. The molecule has 0 aliphatic heterocycles. The molecule has 0 saturated carbocycles. The molecule has 0 spiro atoms. The van der Waals surface area contributed by atoms with E-state index in [2.05, 4.69) is 10.6 Å². The Labute approximate surface area is 110 Å². The molecule has 0 radical (unpaired) electrons. The summed E-state index contributed by atoms with van der Waals surface area (Å²) in [5.74, 6) is 0.331. The highest BCUT2D eigenvalue weighted by Crippen LogP contribution is 2.32. The van der Waals surface area contributed by atoms with E-state index in [1.54, 1.807) is 6.07 Å². The van der Waals surface area contributed by atoms with Gasteiger partial charge in [-0.05, 0) is 37.7 Å². The monoisotopic (exact) mass is 271 g/mol. The van der Waals surface area contributed by atoms with Gasteiger partial charge < -0.3 is 10.6 Å². The topological polar surface area (TPSA) is 47.8 Å². The van der Waals surface area contributed by atoms with Crippen LogP contribution in [-0.2, 0) is 6.18 Å². The Hall–Kier alpha value is -1.74. The van der Waals surface area contributed by atoms with Crippen LogP contribution >= 0.6 is 0 Å².